The van der Waals surface area contributed by atoms with Gasteiger partial charge in [0, 0.05) is 154 Å². The molecule has 0 amide bonds. The van der Waals surface area contributed by atoms with Crippen molar-refractivity contribution in [3.63, 3.8) is 0 Å². The maximum absolute atomic E-state index is 5.91. The highest BCUT2D eigenvalue weighted by atomic mass is 16.5. The molecule has 0 saturated carbocycles. The largest absolute Gasteiger partial charge is 0.385 e. The number of nitrogens with zero attached hydrogens (tertiary/aromatic N) is 5. The van der Waals surface area contributed by atoms with Gasteiger partial charge in [0.05, 0.1) is 11.2 Å². The highest BCUT2D eigenvalue weighted by Crippen LogP contribution is 2.45. The predicted molar refractivity (Wildman–Crippen MR) is 357 cm³/mol. The molecule has 0 aliphatic carbocycles. The van der Waals surface area contributed by atoms with Gasteiger partial charge < -0.3 is 47.9 Å². The van der Waals surface area contributed by atoms with Gasteiger partial charge in [-0.3, -0.25) is 0 Å². The topological polar surface area (TPSA) is 170 Å². The van der Waals surface area contributed by atoms with Gasteiger partial charge in [0.15, 0.2) is 17.5 Å². The highest BCUT2D eigenvalue weighted by molar-refractivity contribution is 6.11. The van der Waals surface area contributed by atoms with Gasteiger partial charge in [0.2, 0.25) is 0 Å². The first-order valence-electron chi connectivity index (χ1n) is 32.9. The number of benzene rings is 4. The maximum atomic E-state index is 5.91. The van der Waals surface area contributed by atoms with Crippen molar-refractivity contribution in [2.75, 3.05) is 110 Å². The molecule has 7 aromatic rings. The standard InChI is InChI=1S/C73H99N7O8/c1-81-41-17-9-25-50-33-35-52(27-11-19-43-83-3)62-60(50)58-49-59-61-51(26-10-18-42-82-2)34-36-53(28-12-20-44-84-4)63(61)69(75-59)77-71-65-55(30-14-22-46-86-6)38-40-57(32-16-24-48-88-8)67(65)73(79-71)80-72-66-56(31-15-23-47-87-7)39-37-54(29-13-21-45-85-5)64(66)70(78-72)76-68(62)74-58/h33-40,49H,9-32,41-48H2,1-8H3,(H2,74,75,76,77,78,79,80). The monoisotopic (exact) mass is 1200 g/mol. The molecule has 0 radical (unpaired) electrons. The number of nitrogens with one attached hydrogen (secondary N) is 2. The summed E-state index contributed by atoms with van der Waals surface area (Å²) in [5, 5.41) is 4.46. The lowest BCUT2D eigenvalue weighted by atomic mass is 9.90. The summed E-state index contributed by atoms with van der Waals surface area (Å²) in [6.45, 7) is 5.60. The van der Waals surface area contributed by atoms with E-state index in [1.165, 1.54) is 49.9 Å². The number of hydrogen-bond acceptors (Lipinski definition) is 13. The third-order valence-corrected chi connectivity index (χ3v) is 17.6. The lowest BCUT2D eigenvalue weighted by Crippen LogP contribution is -1.99. The van der Waals surface area contributed by atoms with E-state index in [0.717, 1.165) is 221 Å². The van der Waals surface area contributed by atoms with Crippen molar-refractivity contribution in [1.82, 2.24) is 34.9 Å². The molecule has 4 aromatic carbocycles. The summed E-state index contributed by atoms with van der Waals surface area (Å²) in [7, 11) is 14.3. The van der Waals surface area contributed by atoms with Crippen molar-refractivity contribution >= 4 is 44.0 Å². The molecule has 2 N–H and O–H groups in total. The second kappa shape index (κ2) is 34.8. The van der Waals surface area contributed by atoms with E-state index < -0.39 is 0 Å². The minimum Gasteiger partial charge on any atom is -0.385 e. The van der Waals surface area contributed by atoms with Crippen molar-refractivity contribution in [3.05, 3.63) is 99.1 Å². The van der Waals surface area contributed by atoms with Crippen LogP contribution >= 0.6 is 0 Å². The molecule has 88 heavy (non-hydrogen) atoms. The van der Waals surface area contributed by atoms with E-state index >= 15 is 0 Å². The van der Waals surface area contributed by atoms with Gasteiger partial charge in [-0.1, -0.05) is 48.5 Å². The first-order chi connectivity index (χ1) is 43.4. The molecule has 9 rings (SSSR count). The molecule has 0 unspecified atom stereocenters. The van der Waals surface area contributed by atoms with Gasteiger partial charge >= 0.3 is 0 Å². The third kappa shape index (κ3) is 16.5. The number of unbranched alkanes of at least 4 members (excludes halogenated alkanes) is 8. The maximum Gasteiger partial charge on any atom is 0.165 e. The van der Waals surface area contributed by atoms with Gasteiger partial charge in [-0.2, -0.15) is 0 Å². The Hall–Kier alpha value is -6.01. The van der Waals surface area contributed by atoms with Crippen LogP contribution in [0.1, 0.15) is 147 Å². The Bertz CT molecular complexity index is 3090. The fraction of sp³-hybridized carbons (Fsp3) is 0.548. The second-order valence-corrected chi connectivity index (χ2v) is 23.9. The molecule has 2 aliphatic rings. The van der Waals surface area contributed by atoms with Crippen molar-refractivity contribution in [1.29, 1.82) is 0 Å². The van der Waals surface area contributed by atoms with Crippen LogP contribution in [0.15, 0.2) is 54.6 Å². The summed E-state index contributed by atoms with van der Waals surface area (Å²) in [6.07, 6.45) is 22.0. The van der Waals surface area contributed by atoms with Gasteiger partial charge in [0.1, 0.15) is 16.9 Å². The van der Waals surface area contributed by atoms with Gasteiger partial charge in [-0.25, -0.2) is 24.9 Å². The number of methoxy groups -OCH3 is 8. The number of rotatable bonds is 40. The number of ether oxygens (including phenoxy) is 8. The Morgan fingerprint density at radius 1 is 0.261 bits per heavy atom. The Morgan fingerprint density at radius 3 is 0.841 bits per heavy atom. The van der Waals surface area contributed by atoms with E-state index in [2.05, 4.69) is 64.6 Å². The van der Waals surface area contributed by atoms with E-state index in [1.807, 2.05) is 0 Å². The molecule has 474 valence electrons. The molecule has 3 aromatic heterocycles. The van der Waals surface area contributed by atoms with Crippen molar-refractivity contribution in [2.45, 2.75) is 154 Å². The number of aromatic amines is 2. The molecule has 5 heterocycles. The zero-order chi connectivity index (χ0) is 61.5. The van der Waals surface area contributed by atoms with Crippen molar-refractivity contribution in [3.8, 4) is 45.4 Å². The molecule has 0 saturated heterocycles. The van der Waals surface area contributed by atoms with Crippen LogP contribution in [-0.4, -0.2) is 145 Å². The molecule has 2 aliphatic heterocycles. The number of hydrogen-bond donors (Lipinski definition) is 2. The average Bonchev–Trinajstić information content (AvgIpc) is 1.84. The smallest absolute Gasteiger partial charge is 0.165 e. The van der Waals surface area contributed by atoms with E-state index in [4.69, 9.17) is 62.8 Å². The predicted octanol–water partition coefficient (Wildman–Crippen LogP) is 15.2. The van der Waals surface area contributed by atoms with Gasteiger partial charge in [-0.15, -0.1) is 0 Å². The van der Waals surface area contributed by atoms with Gasteiger partial charge in [-0.05, 0) is 205 Å². The minimum atomic E-state index is 0.656. The SMILES string of the molecule is COCCCCc1ccc(CCCCOC)c2c1-c1cc3[nH]c(nc4nc(nc5[nH]c(nc-2n1)c1c(CCCCOC)ccc(CCCCOC)c51)-c1c(CCCCOC)ccc(CCCCOC)c1-4)c1c(CCCCOC)ccc(CCCCOC)c31. The van der Waals surface area contributed by atoms with Crippen molar-refractivity contribution < 1.29 is 37.9 Å². The average molecular weight is 1200 g/mol. The first-order valence-corrected chi connectivity index (χ1v) is 32.9. The summed E-state index contributed by atoms with van der Waals surface area (Å²) in [4.78, 5) is 37.3. The van der Waals surface area contributed by atoms with Gasteiger partial charge in [0.25, 0.3) is 0 Å². The molecule has 8 bridgehead atoms. The van der Waals surface area contributed by atoms with Crippen LogP contribution in [0, 0.1) is 0 Å². The minimum absolute atomic E-state index is 0.656. The third-order valence-electron chi connectivity index (χ3n) is 17.6. The lowest BCUT2D eigenvalue weighted by molar-refractivity contribution is 0.193. The molecule has 15 heteroatoms. The van der Waals surface area contributed by atoms with Crippen LogP contribution in [0.25, 0.3) is 89.4 Å². The van der Waals surface area contributed by atoms with Crippen molar-refractivity contribution in [2.24, 2.45) is 0 Å². The zero-order valence-corrected chi connectivity index (χ0v) is 54.3. The Balaban J connectivity index is 1.48. The number of fused-ring (bicyclic) bond motifs is 20. The summed E-state index contributed by atoms with van der Waals surface area (Å²) < 4.78 is 44.9. The van der Waals surface area contributed by atoms with E-state index in [1.54, 1.807) is 56.9 Å². The van der Waals surface area contributed by atoms with Crippen LogP contribution in [-0.2, 0) is 89.3 Å². The molecular formula is C73H99N7O8. The highest BCUT2D eigenvalue weighted by Gasteiger charge is 2.29. The number of aromatic nitrogens is 7. The number of H-pyrrole nitrogens is 2. The molecule has 0 fully saturated rings. The molecular weight excluding hydrogens is 1100 g/mol. The summed E-state index contributed by atoms with van der Waals surface area (Å²) in [6, 6.07) is 21.1. The summed E-state index contributed by atoms with van der Waals surface area (Å²) in [5.74, 6) is 2.03. The molecule has 15 nitrogen and oxygen atoms in total. The van der Waals surface area contributed by atoms with Crippen LogP contribution in [0.3, 0.4) is 0 Å². The Kier molecular flexibility index (Phi) is 26.3. The lowest BCUT2D eigenvalue weighted by Gasteiger charge is -2.14. The zero-order valence-electron chi connectivity index (χ0n) is 54.3. The number of aryl methyl sites for hydroxylation is 8. The quantitative estimate of drug-likeness (QED) is 0.0348. The molecule has 0 atom stereocenters. The van der Waals surface area contributed by atoms with Crippen LogP contribution in [0.4, 0.5) is 0 Å². The van der Waals surface area contributed by atoms with E-state index in [-0.39, 0.29) is 0 Å². The van der Waals surface area contributed by atoms with Crippen LogP contribution in [0.2, 0.25) is 0 Å². The Labute approximate surface area is 522 Å². The van der Waals surface area contributed by atoms with E-state index in [9.17, 15) is 0 Å². The second-order valence-electron chi connectivity index (χ2n) is 23.9. The van der Waals surface area contributed by atoms with E-state index in [0.29, 0.717) is 70.3 Å². The summed E-state index contributed by atoms with van der Waals surface area (Å²) >= 11 is 0. The normalized spacial score (nSPS) is 12.1. The fourth-order valence-electron chi connectivity index (χ4n) is 13.2. The van der Waals surface area contributed by atoms with Crippen LogP contribution < -0.4 is 0 Å². The fourth-order valence-corrected chi connectivity index (χ4v) is 13.2. The Morgan fingerprint density at radius 2 is 0.511 bits per heavy atom. The molecule has 0 spiro atoms. The first kappa shape index (κ1) is 66.4. The summed E-state index contributed by atoms with van der Waals surface area (Å²) in [5.41, 5.74) is 18.3. The van der Waals surface area contributed by atoms with Crippen LogP contribution in [0.5, 0.6) is 0 Å².